The molecule has 0 saturated carbocycles. The van der Waals surface area contributed by atoms with Crippen molar-refractivity contribution in [3.63, 3.8) is 0 Å². The Balaban J connectivity index is 2.43. The van der Waals surface area contributed by atoms with Gasteiger partial charge in [0.1, 0.15) is 4.90 Å². The molecule has 1 heterocycles. The number of hydrogen-bond donors (Lipinski definition) is 1. The zero-order valence-corrected chi connectivity index (χ0v) is 15.1. The molecule has 1 aliphatic rings. The number of ether oxygens (including phenoxy) is 1. The lowest BCUT2D eigenvalue weighted by atomic mass is 10.0. The van der Waals surface area contributed by atoms with E-state index in [1.165, 1.54) is 10.4 Å². The summed E-state index contributed by atoms with van der Waals surface area (Å²) in [5, 5.41) is 0. The van der Waals surface area contributed by atoms with Gasteiger partial charge in [-0.2, -0.15) is 4.31 Å². The summed E-state index contributed by atoms with van der Waals surface area (Å²) >= 11 is 3.29. The van der Waals surface area contributed by atoms with Crippen LogP contribution >= 0.6 is 15.9 Å². The lowest BCUT2D eigenvalue weighted by Crippen LogP contribution is -2.58. The largest absolute Gasteiger partial charge is 0.398 e. The van der Waals surface area contributed by atoms with Crippen molar-refractivity contribution in [2.45, 2.75) is 43.8 Å². The van der Waals surface area contributed by atoms with E-state index in [2.05, 4.69) is 15.9 Å². The van der Waals surface area contributed by atoms with Gasteiger partial charge >= 0.3 is 0 Å². The molecule has 1 aliphatic heterocycles. The second kappa shape index (κ2) is 5.22. The summed E-state index contributed by atoms with van der Waals surface area (Å²) in [6, 6.07) is 4.81. The van der Waals surface area contributed by atoms with Gasteiger partial charge in [0.15, 0.2) is 0 Å². The smallest absolute Gasteiger partial charge is 0.245 e. The van der Waals surface area contributed by atoms with E-state index in [1.807, 2.05) is 27.7 Å². The number of morpholine rings is 1. The van der Waals surface area contributed by atoms with Crippen LogP contribution in [-0.2, 0) is 14.8 Å². The molecule has 0 atom stereocenters. The van der Waals surface area contributed by atoms with Gasteiger partial charge < -0.3 is 10.5 Å². The van der Waals surface area contributed by atoms with Gasteiger partial charge in [0, 0.05) is 17.6 Å². The van der Waals surface area contributed by atoms with Gasteiger partial charge in [-0.1, -0.05) is 15.9 Å². The standard InChI is InChI=1S/C14H21BrN2O3S/c1-13(2)8-17(9-14(3,4)20-13)21(18,19)12-6-5-10(15)7-11(12)16/h5-7H,8-9,16H2,1-4H3. The van der Waals surface area contributed by atoms with Crippen molar-refractivity contribution >= 4 is 31.6 Å². The van der Waals surface area contributed by atoms with Crippen LogP contribution < -0.4 is 5.73 Å². The van der Waals surface area contributed by atoms with Gasteiger partial charge in [-0.15, -0.1) is 0 Å². The summed E-state index contributed by atoms with van der Waals surface area (Å²) in [5.74, 6) is 0. The van der Waals surface area contributed by atoms with Crippen molar-refractivity contribution < 1.29 is 13.2 Å². The fourth-order valence-electron chi connectivity index (χ4n) is 2.78. The molecule has 2 rings (SSSR count). The van der Waals surface area contributed by atoms with Crippen molar-refractivity contribution in [1.82, 2.24) is 4.31 Å². The first-order valence-electron chi connectivity index (χ1n) is 6.68. The van der Waals surface area contributed by atoms with Crippen molar-refractivity contribution in [3.05, 3.63) is 22.7 Å². The zero-order chi connectivity index (χ0) is 16.1. The monoisotopic (exact) mass is 376 g/mol. The molecule has 0 radical (unpaired) electrons. The molecular weight excluding hydrogens is 356 g/mol. The van der Waals surface area contributed by atoms with Crippen LogP contribution in [0.2, 0.25) is 0 Å². The molecule has 1 saturated heterocycles. The highest BCUT2D eigenvalue weighted by Crippen LogP contribution is 2.33. The van der Waals surface area contributed by atoms with Crippen LogP contribution in [0.5, 0.6) is 0 Å². The molecule has 21 heavy (non-hydrogen) atoms. The summed E-state index contributed by atoms with van der Waals surface area (Å²) in [6.45, 7) is 8.16. The normalized spacial score (nSPS) is 22.1. The van der Waals surface area contributed by atoms with Gasteiger partial charge in [0.2, 0.25) is 10.0 Å². The third-order valence-electron chi connectivity index (χ3n) is 3.26. The quantitative estimate of drug-likeness (QED) is 0.805. The van der Waals surface area contributed by atoms with E-state index >= 15 is 0 Å². The Morgan fingerprint density at radius 2 is 1.71 bits per heavy atom. The zero-order valence-electron chi connectivity index (χ0n) is 12.7. The Labute approximate surface area is 134 Å². The Hall–Kier alpha value is -0.630. The van der Waals surface area contributed by atoms with Crippen LogP contribution in [0.15, 0.2) is 27.6 Å². The van der Waals surface area contributed by atoms with Crippen LogP contribution in [0.4, 0.5) is 5.69 Å². The third kappa shape index (κ3) is 3.59. The summed E-state index contributed by atoms with van der Waals surface area (Å²) in [6.07, 6.45) is 0. The predicted octanol–water partition coefficient (Wildman–Crippen LogP) is 2.61. The Kier molecular flexibility index (Phi) is 4.16. The fourth-order valence-corrected chi connectivity index (χ4v) is 5.00. The van der Waals surface area contributed by atoms with Gasteiger partial charge in [0.05, 0.1) is 16.9 Å². The topological polar surface area (TPSA) is 72.6 Å². The number of halogens is 1. The number of nitrogens with zero attached hydrogens (tertiary/aromatic N) is 1. The minimum absolute atomic E-state index is 0.138. The van der Waals surface area contributed by atoms with Crippen LogP contribution in [0.25, 0.3) is 0 Å². The molecule has 0 unspecified atom stereocenters. The molecule has 118 valence electrons. The highest BCUT2D eigenvalue weighted by Gasteiger charge is 2.43. The number of nitrogens with two attached hydrogens (primary N) is 1. The van der Waals surface area contributed by atoms with E-state index in [9.17, 15) is 8.42 Å². The van der Waals surface area contributed by atoms with E-state index in [0.717, 1.165) is 4.47 Å². The molecule has 0 spiro atoms. The maximum atomic E-state index is 12.9. The highest BCUT2D eigenvalue weighted by molar-refractivity contribution is 9.10. The summed E-state index contributed by atoms with van der Waals surface area (Å²) in [7, 11) is -3.64. The predicted molar refractivity (Wildman–Crippen MR) is 86.6 cm³/mol. The van der Waals surface area contributed by atoms with Gasteiger partial charge in [-0.05, 0) is 45.9 Å². The molecule has 0 aliphatic carbocycles. The van der Waals surface area contributed by atoms with Crippen molar-refractivity contribution in [3.8, 4) is 0 Å². The number of rotatable bonds is 2. The maximum absolute atomic E-state index is 12.9. The van der Waals surface area contributed by atoms with Crippen LogP contribution in [0.3, 0.4) is 0 Å². The first-order valence-corrected chi connectivity index (χ1v) is 8.92. The molecular formula is C14H21BrN2O3S. The molecule has 1 aromatic rings. The second-order valence-corrected chi connectivity index (χ2v) is 9.40. The molecule has 5 nitrogen and oxygen atoms in total. The van der Waals surface area contributed by atoms with Crippen molar-refractivity contribution in [2.75, 3.05) is 18.8 Å². The first kappa shape index (κ1) is 16.7. The SMILES string of the molecule is CC1(C)CN(S(=O)(=O)c2ccc(Br)cc2N)CC(C)(C)O1. The summed E-state index contributed by atoms with van der Waals surface area (Å²) in [5.41, 5.74) is 5.04. The molecule has 7 heteroatoms. The van der Waals surface area contributed by atoms with Gasteiger partial charge in [0.25, 0.3) is 0 Å². The number of anilines is 1. The third-order valence-corrected chi connectivity index (χ3v) is 5.62. The van der Waals surface area contributed by atoms with E-state index < -0.39 is 21.2 Å². The lowest BCUT2D eigenvalue weighted by Gasteiger charge is -2.46. The van der Waals surface area contributed by atoms with Gasteiger partial charge in [-0.25, -0.2) is 8.42 Å². The van der Waals surface area contributed by atoms with E-state index in [4.69, 9.17) is 10.5 Å². The van der Waals surface area contributed by atoms with Crippen LogP contribution in [0, 0.1) is 0 Å². The fraction of sp³-hybridized carbons (Fsp3) is 0.571. The molecule has 0 amide bonds. The number of sulfonamides is 1. The average molecular weight is 377 g/mol. The summed E-state index contributed by atoms with van der Waals surface area (Å²) < 4.78 is 33.9. The van der Waals surface area contributed by atoms with Crippen molar-refractivity contribution in [1.29, 1.82) is 0 Å². The Morgan fingerprint density at radius 1 is 1.19 bits per heavy atom. The summed E-state index contributed by atoms with van der Waals surface area (Å²) in [4.78, 5) is 0.138. The number of nitrogen functional groups attached to an aromatic ring is 1. The van der Waals surface area contributed by atoms with Crippen LogP contribution in [0.1, 0.15) is 27.7 Å². The van der Waals surface area contributed by atoms with E-state index in [-0.39, 0.29) is 10.6 Å². The highest BCUT2D eigenvalue weighted by atomic mass is 79.9. The van der Waals surface area contributed by atoms with Crippen LogP contribution in [-0.4, -0.2) is 37.0 Å². The second-order valence-electron chi connectivity index (χ2n) is 6.58. The molecule has 1 fully saturated rings. The minimum Gasteiger partial charge on any atom is -0.398 e. The van der Waals surface area contributed by atoms with E-state index in [1.54, 1.807) is 12.1 Å². The molecule has 1 aromatic carbocycles. The molecule has 2 N–H and O–H groups in total. The molecule has 0 bridgehead atoms. The Morgan fingerprint density at radius 3 is 2.19 bits per heavy atom. The van der Waals surface area contributed by atoms with Crippen molar-refractivity contribution in [2.24, 2.45) is 0 Å². The maximum Gasteiger partial charge on any atom is 0.245 e. The minimum atomic E-state index is -3.64. The lowest BCUT2D eigenvalue weighted by molar-refractivity contribution is -0.163. The molecule has 0 aromatic heterocycles. The average Bonchev–Trinajstić information content (AvgIpc) is 2.23. The number of hydrogen-bond acceptors (Lipinski definition) is 4. The first-order chi connectivity index (χ1) is 9.43. The van der Waals surface area contributed by atoms with E-state index in [0.29, 0.717) is 13.1 Å². The van der Waals surface area contributed by atoms with Gasteiger partial charge in [-0.3, -0.25) is 0 Å². The Bertz CT molecular complexity index is 640. The number of benzene rings is 1.